The molecule has 1 saturated heterocycles. The van der Waals surface area contributed by atoms with Crippen LogP contribution in [0.5, 0.6) is 0 Å². The Morgan fingerprint density at radius 3 is 2.61 bits per heavy atom. The van der Waals surface area contributed by atoms with Gasteiger partial charge in [-0.15, -0.1) is 35.3 Å². The number of guanidine groups is 1. The Bertz CT molecular complexity index is 723. The van der Waals surface area contributed by atoms with Gasteiger partial charge in [-0.3, -0.25) is 0 Å². The van der Waals surface area contributed by atoms with Crippen molar-refractivity contribution < 1.29 is 0 Å². The molecule has 0 amide bonds. The minimum Gasteiger partial charge on any atom is -0.357 e. The van der Waals surface area contributed by atoms with E-state index in [-0.39, 0.29) is 24.0 Å². The molecule has 1 aliphatic heterocycles. The highest BCUT2D eigenvalue weighted by molar-refractivity contribution is 14.0. The SMILES string of the molecule is CCNC(=NCc1nc(-c2ccccc2)cs1)NC1CCN(C(C)C)CC1.I. The van der Waals surface area contributed by atoms with Crippen LogP contribution in [-0.2, 0) is 6.54 Å². The zero-order valence-corrected chi connectivity index (χ0v) is 20.2. The average molecular weight is 513 g/mol. The van der Waals surface area contributed by atoms with E-state index in [1.165, 1.54) is 0 Å². The van der Waals surface area contributed by atoms with Crippen molar-refractivity contribution in [1.29, 1.82) is 0 Å². The summed E-state index contributed by atoms with van der Waals surface area (Å²) in [7, 11) is 0. The maximum atomic E-state index is 4.77. The average Bonchev–Trinajstić information content (AvgIpc) is 3.16. The number of halogens is 1. The van der Waals surface area contributed by atoms with E-state index in [1.54, 1.807) is 11.3 Å². The second kappa shape index (κ2) is 11.7. The van der Waals surface area contributed by atoms with E-state index >= 15 is 0 Å². The Kier molecular flexibility index (Phi) is 9.67. The van der Waals surface area contributed by atoms with E-state index in [0.717, 1.165) is 54.7 Å². The maximum absolute atomic E-state index is 4.77. The number of likely N-dealkylation sites (tertiary alicyclic amines) is 1. The molecule has 28 heavy (non-hydrogen) atoms. The Morgan fingerprint density at radius 2 is 1.96 bits per heavy atom. The number of thiazole rings is 1. The van der Waals surface area contributed by atoms with E-state index in [0.29, 0.717) is 18.6 Å². The van der Waals surface area contributed by atoms with Gasteiger partial charge in [0.25, 0.3) is 0 Å². The van der Waals surface area contributed by atoms with Gasteiger partial charge in [0.05, 0.1) is 12.2 Å². The summed E-state index contributed by atoms with van der Waals surface area (Å²) in [4.78, 5) is 12.1. The van der Waals surface area contributed by atoms with Gasteiger partial charge in [0.15, 0.2) is 5.96 Å². The van der Waals surface area contributed by atoms with Crippen molar-refractivity contribution >= 4 is 41.3 Å². The lowest BCUT2D eigenvalue weighted by Gasteiger charge is -2.35. The fraction of sp³-hybridized carbons (Fsp3) is 0.524. The molecule has 0 saturated carbocycles. The van der Waals surface area contributed by atoms with Crippen molar-refractivity contribution in [2.45, 2.75) is 52.2 Å². The van der Waals surface area contributed by atoms with E-state index in [1.807, 2.05) is 18.2 Å². The minimum atomic E-state index is 0. The van der Waals surface area contributed by atoms with Crippen molar-refractivity contribution in [1.82, 2.24) is 20.5 Å². The molecule has 3 rings (SSSR count). The molecule has 1 aliphatic rings. The molecule has 0 bridgehead atoms. The van der Waals surface area contributed by atoms with Gasteiger partial charge in [-0.05, 0) is 33.6 Å². The smallest absolute Gasteiger partial charge is 0.191 e. The predicted octanol–water partition coefficient (Wildman–Crippen LogP) is 4.36. The summed E-state index contributed by atoms with van der Waals surface area (Å²) >= 11 is 1.67. The lowest BCUT2D eigenvalue weighted by molar-refractivity contribution is 0.167. The third kappa shape index (κ3) is 6.70. The van der Waals surface area contributed by atoms with Crippen molar-refractivity contribution in [3.05, 3.63) is 40.7 Å². The first-order valence-electron chi connectivity index (χ1n) is 9.94. The van der Waals surface area contributed by atoms with Gasteiger partial charge in [0.2, 0.25) is 0 Å². The molecule has 154 valence electrons. The lowest BCUT2D eigenvalue weighted by atomic mass is 10.0. The van der Waals surface area contributed by atoms with Gasteiger partial charge in [-0.1, -0.05) is 30.3 Å². The number of piperidine rings is 1. The van der Waals surface area contributed by atoms with Crippen LogP contribution in [0.15, 0.2) is 40.7 Å². The molecule has 0 atom stereocenters. The van der Waals surface area contributed by atoms with E-state index in [4.69, 9.17) is 9.98 Å². The normalized spacial score (nSPS) is 16.1. The van der Waals surface area contributed by atoms with Crippen molar-refractivity contribution in [3.8, 4) is 11.3 Å². The summed E-state index contributed by atoms with van der Waals surface area (Å²) in [5, 5.41) is 10.1. The first-order valence-corrected chi connectivity index (χ1v) is 10.8. The van der Waals surface area contributed by atoms with Crippen LogP contribution in [0, 0.1) is 0 Å². The molecule has 0 spiro atoms. The Labute approximate surface area is 190 Å². The van der Waals surface area contributed by atoms with Crippen LogP contribution in [0.4, 0.5) is 0 Å². The maximum Gasteiger partial charge on any atom is 0.191 e. The van der Waals surface area contributed by atoms with Gasteiger partial charge in [0, 0.05) is 42.7 Å². The fourth-order valence-corrected chi connectivity index (χ4v) is 4.07. The van der Waals surface area contributed by atoms with E-state index < -0.39 is 0 Å². The summed E-state index contributed by atoms with van der Waals surface area (Å²) in [5.74, 6) is 0.900. The fourth-order valence-electron chi connectivity index (χ4n) is 3.35. The minimum absolute atomic E-state index is 0. The van der Waals surface area contributed by atoms with Gasteiger partial charge >= 0.3 is 0 Å². The molecule has 1 fully saturated rings. The second-order valence-electron chi connectivity index (χ2n) is 7.24. The van der Waals surface area contributed by atoms with Crippen LogP contribution in [0.2, 0.25) is 0 Å². The molecule has 1 aromatic carbocycles. The molecular weight excluding hydrogens is 481 g/mol. The molecular formula is C21H32IN5S. The quantitative estimate of drug-likeness (QED) is 0.343. The van der Waals surface area contributed by atoms with Crippen molar-refractivity contribution in [2.24, 2.45) is 4.99 Å². The molecule has 2 heterocycles. The summed E-state index contributed by atoms with van der Waals surface area (Å²) in [6.45, 7) is 10.4. The standard InChI is InChI=1S/C21H31N5S.HI/c1-4-22-21(24-18-10-12-26(13-11-18)16(2)3)23-14-20-25-19(15-27-20)17-8-6-5-7-9-17;/h5-9,15-16,18H,4,10-14H2,1-3H3,(H2,22,23,24);1H. The van der Waals surface area contributed by atoms with Gasteiger partial charge < -0.3 is 15.5 Å². The van der Waals surface area contributed by atoms with Crippen molar-refractivity contribution in [3.63, 3.8) is 0 Å². The van der Waals surface area contributed by atoms with Crippen LogP contribution in [0.3, 0.4) is 0 Å². The van der Waals surface area contributed by atoms with Crippen LogP contribution in [0.25, 0.3) is 11.3 Å². The second-order valence-corrected chi connectivity index (χ2v) is 8.18. The number of nitrogens with zero attached hydrogens (tertiary/aromatic N) is 3. The molecule has 1 aromatic heterocycles. The Balaban J connectivity index is 0.00000280. The Morgan fingerprint density at radius 1 is 1.25 bits per heavy atom. The topological polar surface area (TPSA) is 52.6 Å². The summed E-state index contributed by atoms with van der Waals surface area (Å²) < 4.78 is 0. The molecule has 0 unspecified atom stereocenters. The van der Waals surface area contributed by atoms with Gasteiger partial charge in [-0.25, -0.2) is 9.98 Å². The lowest BCUT2D eigenvalue weighted by Crippen LogP contribution is -2.49. The number of benzene rings is 1. The Hall–Kier alpha value is -1.19. The summed E-state index contributed by atoms with van der Waals surface area (Å²) in [5.41, 5.74) is 2.19. The third-order valence-electron chi connectivity index (χ3n) is 4.94. The summed E-state index contributed by atoms with van der Waals surface area (Å²) in [6.07, 6.45) is 2.33. The number of nitrogens with one attached hydrogen (secondary N) is 2. The monoisotopic (exact) mass is 513 g/mol. The van der Waals surface area contributed by atoms with Crippen LogP contribution < -0.4 is 10.6 Å². The number of hydrogen-bond acceptors (Lipinski definition) is 4. The highest BCUT2D eigenvalue weighted by atomic mass is 127. The highest BCUT2D eigenvalue weighted by Gasteiger charge is 2.21. The number of hydrogen-bond donors (Lipinski definition) is 2. The zero-order valence-electron chi connectivity index (χ0n) is 17.0. The van der Waals surface area contributed by atoms with Crippen LogP contribution in [-0.4, -0.2) is 47.6 Å². The molecule has 2 aromatic rings. The largest absolute Gasteiger partial charge is 0.357 e. The number of aliphatic imine (C=N–C) groups is 1. The molecule has 0 aliphatic carbocycles. The summed E-state index contributed by atoms with van der Waals surface area (Å²) in [6, 6.07) is 11.4. The van der Waals surface area contributed by atoms with E-state index in [9.17, 15) is 0 Å². The highest BCUT2D eigenvalue weighted by Crippen LogP contribution is 2.22. The predicted molar refractivity (Wildman–Crippen MR) is 131 cm³/mol. The zero-order chi connectivity index (χ0) is 19.1. The first kappa shape index (κ1) is 23.1. The molecule has 7 heteroatoms. The van der Waals surface area contributed by atoms with Crippen LogP contribution in [0.1, 0.15) is 38.6 Å². The molecule has 5 nitrogen and oxygen atoms in total. The van der Waals surface area contributed by atoms with Crippen LogP contribution >= 0.6 is 35.3 Å². The first-order chi connectivity index (χ1) is 13.2. The number of aromatic nitrogens is 1. The van der Waals surface area contributed by atoms with Gasteiger partial charge in [0.1, 0.15) is 5.01 Å². The van der Waals surface area contributed by atoms with E-state index in [2.05, 4.69) is 53.8 Å². The third-order valence-corrected chi connectivity index (χ3v) is 5.77. The molecule has 0 radical (unpaired) electrons. The van der Waals surface area contributed by atoms with Crippen molar-refractivity contribution in [2.75, 3.05) is 19.6 Å². The van der Waals surface area contributed by atoms with Gasteiger partial charge in [-0.2, -0.15) is 0 Å². The number of rotatable bonds is 6. The molecule has 2 N–H and O–H groups in total.